The van der Waals surface area contributed by atoms with Crippen LogP contribution in [0.15, 0.2) is 42.7 Å². The minimum Gasteiger partial charge on any atom is -0.478 e. The Morgan fingerprint density at radius 3 is 2.55 bits per heavy atom. The predicted molar refractivity (Wildman–Crippen MR) is 63.3 cm³/mol. The van der Waals surface area contributed by atoms with Crippen molar-refractivity contribution in [2.24, 2.45) is 0 Å². The van der Waals surface area contributed by atoms with Crippen molar-refractivity contribution in [1.29, 1.82) is 0 Å². The van der Waals surface area contributed by atoms with E-state index in [2.05, 4.69) is 9.72 Å². The molecule has 1 aromatic carbocycles. The normalized spacial score (nSPS) is 11.2. The van der Waals surface area contributed by atoms with Crippen molar-refractivity contribution < 1.29 is 27.8 Å². The molecule has 2 aromatic rings. The number of carboxylic acid groups (broad SMARTS) is 1. The fourth-order valence-corrected chi connectivity index (χ4v) is 1.59. The number of alkyl halides is 3. The lowest BCUT2D eigenvalue weighted by Crippen LogP contribution is -2.17. The van der Waals surface area contributed by atoms with Crippen LogP contribution in [0.5, 0.6) is 5.75 Å². The van der Waals surface area contributed by atoms with Gasteiger partial charge in [0.1, 0.15) is 5.75 Å². The molecule has 0 bridgehead atoms. The monoisotopic (exact) mass is 283 g/mol. The van der Waals surface area contributed by atoms with E-state index in [4.69, 9.17) is 5.11 Å². The predicted octanol–water partition coefficient (Wildman–Crippen LogP) is 3.35. The molecule has 0 unspecified atom stereocenters. The number of ether oxygens (including phenoxy) is 1. The molecule has 104 valence electrons. The Hall–Kier alpha value is -2.57. The molecule has 0 fully saturated rings. The summed E-state index contributed by atoms with van der Waals surface area (Å²) < 4.78 is 40.2. The van der Waals surface area contributed by atoms with Gasteiger partial charge in [-0.05, 0) is 23.8 Å². The number of rotatable bonds is 3. The van der Waals surface area contributed by atoms with Crippen molar-refractivity contribution in [2.45, 2.75) is 6.36 Å². The van der Waals surface area contributed by atoms with Crippen LogP contribution in [0.1, 0.15) is 10.4 Å². The number of hydrogen-bond donors (Lipinski definition) is 1. The number of nitrogens with zero attached hydrogens (tertiary/aromatic N) is 1. The Labute approximate surface area is 111 Å². The van der Waals surface area contributed by atoms with E-state index >= 15 is 0 Å². The van der Waals surface area contributed by atoms with Crippen LogP contribution in [-0.2, 0) is 0 Å². The molecule has 0 amide bonds. The van der Waals surface area contributed by atoms with Crippen LogP contribution < -0.4 is 4.74 Å². The Kier molecular flexibility index (Phi) is 3.60. The summed E-state index contributed by atoms with van der Waals surface area (Å²) >= 11 is 0. The maximum absolute atomic E-state index is 12.1. The number of halogens is 3. The summed E-state index contributed by atoms with van der Waals surface area (Å²) in [6, 6.07) is 6.55. The molecule has 0 radical (unpaired) electrons. The highest BCUT2D eigenvalue weighted by atomic mass is 19.4. The second kappa shape index (κ2) is 5.20. The molecular weight excluding hydrogens is 275 g/mol. The first-order chi connectivity index (χ1) is 9.35. The zero-order valence-electron chi connectivity index (χ0n) is 9.89. The van der Waals surface area contributed by atoms with Gasteiger partial charge in [0.05, 0.1) is 5.56 Å². The van der Waals surface area contributed by atoms with Gasteiger partial charge in [0.2, 0.25) is 0 Å². The molecule has 1 heterocycles. The minimum absolute atomic E-state index is 0.0513. The van der Waals surface area contributed by atoms with E-state index in [9.17, 15) is 18.0 Å². The van der Waals surface area contributed by atoms with Gasteiger partial charge < -0.3 is 9.84 Å². The van der Waals surface area contributed by atoms with Crippen molar-refractivity contribution in [3.63, 3.8) is 0 Å². The van der Waals surface area contributed by atoms with Crippen LogP contribution in [0.2, 0.25) is 0 Å². The second-order valence-electron chi connectivity index (χ2n) is 3.84. The zero-order chi connectivity index (χ0) is 14.8. The van der Waals surface area contributed by atoms with E-state index in [0.29, 0.717) is 11.1 Å². The van der Waals surface area contributed by atoms with Crippen molar-refractivity contribution in [2.75, 3.05) is 0 Å². The maximum Gasteiger partial charge on any atom is 0.573 e. The first-order valence-electron chi connectivity index (χ1n) is 5.40. The summed E-state index contributed by atoms with van der Waals surface area (Å²) in [4.78, 5) is 14.6. The third-order valence-corrected chi connectivity index (χ3v) is 2.39. The quantitative estimate of drug-likeness (QED) is 0.938. The maximum atomic E-state index is 12.1. The van der Waals surface area contributed by atoms with Crippen molar-refractivity contribution in [3.05, 3.63) is 48.3 Å². The van der Waals surface area contributed by atoms with Crippen molar-refractivity contribution in [1.82, 2.24) is 4.98 Å². The van der Waals surface area contributed by atoms with Crippen LogP contribution in [0, 0.1) is 0 Å². The summed E-state index contributed by atoms with van der Waals surface area (Å²) in [5.41, 5.74) is 0.713. The standard InChI is InChI=1S/C13H8F3NO3/c14-13(15,16)20-11-3-1-2-8(5-11)9-4-10(12(18)19)7-17-6-9/h1-7H,(H,18,19). The van der Waals surface area contributed by atoms with Gasteiger partial charge in [-0.1, -0.05) is 12.1 Å². The molecule has 20 heavy (non-hydrogen) atoms. The first-order valence-corrected chi connectivity index (χ1v) is 5.40. The van der Waals surface area contributed by atoms with E-state index in [1.807, 2.05) is 0 Å². The highest BCUT2D eigenvalue weighted by Crippen LogP contribution is 2.27. The average molecular weight is 283 g/mol. The van der Waals surface area contributed by atoms with Crippen LogP contribution in [0.25, 0.3) is 11.1 Å². The lowest BCUT2D eigenvalue weighted by Gasteiger charge is -2.10. The minimum atomic E-state index is -4.78. The van der Waals surface area contributed by atoms with Gasteiger partial charge in [0.15, 0.2) is 0 Å². The molecule has 0 saturated heterocycles. The van der Waals surface area contributed by atoms with Gasteiger partial charge in [-0.3, -0.25) is 4.98 Å². The molecule has 0 saturated carbocycles. The Balaban J connectivity index is 2.36. The third kappa shape index (κ3) is 3.47. The van der Waals surface area contributed by atoms with Crippen molar-refractivity contribution in [3.8, 4) is 16.9 Å². The molecule has 0 atom stereocenters. The lowest BCUT2D eigenvalue weighted by atomic mass is 10.1. The Bertz CT molecular complexity index is 641. The van der Waals surface area contributed by atoms with Gasteiger partial charge in [-0.25, -0.2) is 4.79 Å². The molecule has 0 aliphatic carbocycles. The molecule has 0 aliphatic heterocycles. The van der Waals surface area contributed by atoms with Gasteiger partial charge in [0, 0.05) is 18.0 Å². The molecule has 0 spiro atoms. The summed E-state index contributed by atoms with van der Waals surface area (Å²) in [5, 5.41) is 8.85. The van der Waals surface area contributed by atoms with E-state index < -0.39 is 12.3 Å². The molecular formula is C13H8F3NO3. The number of pyridine rings is 1. The van der Waals surface area contributed by atoms with Gasteiger partial charge >= 0.3 is 12.3 Å². The number of aromatic carboxylic acids is 1. The number of carboxylic acids is 1. The number of aromatic nitrogens is 1. The van der Waals surface area contributed by atoms with E-state index in [-0.39, 0.29) is 11.3 Å². The van der Waals surface area contributed by atoms with E-state index in [0.717, 1.165) is 18.3 Å². The molecule has 1 aromatic heterocycles. The lowest BCUT2D eigenvalue weighted by molar-refractivity contribution is -0.274. The van der Waals surface area contributed by atoms with E-state index in [1.54, 1.807) is 0 Å². The highest BCUT2D eigenvalue weighted by molar-refractivity contribution is 5.88. The van der Waals surface area contributed by atoms with Gasteiger partial charge in [-0.2, -0.15) is 0 Å². The van der Waals surface area contributed by atoms with Crippen LogP contribution >= 0.6 is 0 Å². The molecule has 0 aliphatic rings. The second-order valence-corrected chi connectivity index (χ2v) is 3.84. The molecule has 2 rings (SSSR count). The topological polar surface area (TPSA) is 59.4 Å². The van der Waals surface area contributed by atoms with Gasteiger partial charge in [-0.15, -0.1) is 13.2 Å². The van der Waals surface area contributed by atoms with E-state index in [1.165, 1.54) is 24.4 Å². The number of hydrogen-bond acceptors (Lipinski definition) is 3. The average Bonchev–Trinajstić information content (AvgIpc) is 2.37. The first kappa shape index (κ1) is 13.9. The Morgan fingerprint density at radius 1 is 1.15 bits per heavy atom. The smallest absolute Gasteiger partial charge is 0.478 e. The van der Waals surface area contributed by atoms with Crippen LogP contribution in [0.4, 0.5) is 13.2 Å². The number of benzene rings is 1. The fraction of sp³-hybridized carbons (Fsp3) is 0.0769. The van der Waals surface area contributed by atoms with Crippen LogP contribution in [0.3, 0.4) is 0 Å². The number of carbonyl (C=O) groups is 1. The third-order valence-electron chi connectivity index (χ3n) is 2.39. The van der Waals surface area contributed by atoms with Crippen molar-refractivity contribution >= 4 is 5.97 Å². The summed E-state index contributed by atoms with van der Waals surface area (Å²) in [7, 11) is 0. The SMILES string of the molecule is O=C(O)c1cncc(-c2cccc(OC(F)(F)F)c2)c1. The highest BCUT2D eigenvalue weighted by Gasteiger charge is 2.31. The summed E-state index contributed by atoms with van der Waals surface area (Å²) in [6.45, 7) is 0. The fourth-order valence-electron chi connectivity index (χ4n) is 1.59. The summed E-state index contributed by atoms with van der Waals surface area (Å²) in [5.74, 6) is -1.54. The molecule has 4 nitrogen and oxygen atoms in total. The van der Waals surface area contributed by atoms with Crippen LogP contribution in [-0.4, -0.2) is 22.4 Å². The largest absolute Gasteiger partial charge is 0.573 e. The summed E-state index contributed by atoms with van der Waals surface area (Å²) in [6.07, 6.45) is -2.26. The van der Waals surface area contributed by atoms with Gasteiger partial charge in [0.25, 0.3) is 0 Å². The molecule has 1 N–H and O–H groups in total. The molecule has 7 heteroatoms. The Morgan fingerprint density at radius 2 is 1.90 bits per heavy atom. The zero-order valence-corrected chi connectivity index (χ0v) is 9.89.